The van der Waals surface area contributed by atoms with Crippen molar-refractivity contribution in [2.75, 3.05) is 0 Å². The molecule has 0 saturated carbocycles. The van der Waals surface area contributed by atoms with Gasteiger partial charge in [-0.2, -0.15) is 0 Å². The Morgan fingerprint density at radius 1 is 1.00 bits per heavy atom. The highest BCUT2D eigenvalue weighted by atomic mass is 35.5. The van der Waals surface area contributed by atoms with Gasteiger partial charge < -0.3 is 0 Å². The summed E-state index contributed by atoms with van der Waals surface area (Å²) in [6.07, 6.45) is 3.61. The molecule has 2 aromatic carbocycles. The van der Waals surface area contributed by atoms with Crippen LogP contribution in [0.15, 0.2) is 30.3 Å². The van der Waals surface area contributed by atoms with Gasteiger partial charge in [-0.05, 0) is 42.0 Å². The molecule has 0 atom stereocenters. The molecule has 85 valence electrons. The molecule has 1 radical (unpaired) electrons. The van der Waals surface area contributed by atoms with Crippen LogP contribution in [0.1, 0.15) is 17.5 Å². The fourth-order valence-electron chi connectivity index (χ4n) is 2.44. The normalized spacial score (nSPS) is 13.8. The second-order valence-corrected chi connectivity index (χ2v) is 5.14. The van der Waals surface area contributed by atoms with Crippen LogP contribution in [0.3, 0.4) is 0 Å². The van der Waals surface area contributed by atoms with Gasteiger partial charge in [0.1, 0.15) is 0 Å². The van der Waals surface area contributed by atoms with Crippen LogP contribution >= 0.6 is 23.2 Å². The van der Waals surface area contributed by atoms with E-state index in [0.717, 1.165) is 17.5 Å². The zero-order chi connectivity index (χ0) is 11.8. The lowest BCUT2D eigenvalue weighted by Crippen LogP contribution is -1.86. The van der Waals surface area contributed by atoms with E-state index >= 15 is 0 Å². The second-order valence-electron chi connectivity index (χ2n) is 4.35. The van der Waals surface area contributed by atoms with Crippen molar-refractivity contribution in [3.05, 3.63) is 57.6 Å². The van der Waals surface area contributed by atoms with E-state index in [1.807, 2.05) is 6.07 Å². The smallest absolute Gasteiger partial charge is 0.0578 e. The summed E-state index contributed by atoms with van der Waals surface area (Å²) in [6, 6.07) is 13.1. The highest BCUT2D eigenvalue weighted by Gasteiger charge is 2.14. The molecule has 1 aliphatic rings. The minimum Gasteiger partial charge on any atom is -0.0836 e. The molecule has 0 heterocycles. The third-order valence-corrected chi connectivity index (χ3v) is 3.90. The van der Waals surface area contributed by atoms with E-state index in [1.165, 1.54) is 24.0 Å². The molecular formula is C15H11Cl2. The lowest BCUT2D eigenvalue weighted by atomic mass is 10.0. The summed E-state index contributed by atoms with van der Waals surface area (Å²) in [5.74, 6) is 0. The Labute approximate surface area is 111 Å². The van der Waals surface area contributed by atoms with Gasteiger partial charge in [0, 0.05) is 16.7 Å². The second kappa shape index (κ2) is 4.36. The topological polar surface area (TPSA) is 0 Å². The van der Waals surface area contributed by atoms with Crippen molar-refractivity contribution in [3.63, 3.8) is 0 Å². The van der Waals surface area contributed by atoms with Crippen LogP contribution in [-0.4, -0.2) is 0 Å². The van der Waals surface area contributed by atoms with Crippen LogP contribution in [0.25, 0.3) is 11.1 Å². The number of hydrogen-bond donors (Lipinski definition) is 0. The predicted molar refractivity (Wildman–Crippen MR) is 72.8 cm³/mol. The molecule has 17 heavy (non-hydrogen) atoms. The van der Waals surface area contributed by atoms with Crippen molar-refractivity contribution in [1.82, 2.24) is 0 Å². The first-order valence-electron chi connectivity index (χ1n) is 5.73. The number of aryl methyl sites for hydroxylation is 2. The van der Waals surface area contributed by atoms with Gasteiger partial charge >= 0.3 is 0 Å². The average Bonchev–Trinajstić information content (AvgIpc) is 2.76. The van der Waals surface area contributed by atoms with Crippen molar-refractivity contribution in [3.8, 4) is 11.1 Å². The van der Waals surface area contributed by atoms with Gasteiger partial charge in [0.2, 0.25) is 0 Å². The van der Waals surface area contributed by atoms with Crippen molar-refractivity contribution >= 4 is 23.2 Å². The Hall–Kier alpha value is -0.980. The number of fused-ring (bicyclic) bond motifs is 1. The number of rotatable bonds is 1. The molecule has 0 N–H and O–H groups in total. The maximum absolute atomic E-state index is 6.21. The van der Waals surface area contributed by atoms with Crippen molar-refractivity contribution < 1.29 is 0 Å². The summed E-state index contributed by atoms with van der Waals surface area (Å²) in [5, 5.41) is 1.28. The molecule has 0 aromatic heterocycles. The molecule has 3 rings (SSSR count). The monoisotopic (exact) mass is 261 g/mol. The third-order valence-electron chi connectivity index (χ3n) is 3.29. The van der Waals surface area contributed by atoms with Crippen molar-refractivity contribution in [2.45, 2.75) is 19.3 Å². The van der Waals surface area contributed by atoms with E-state index in [9.17, 15) is 0 Å². The maximum atomic E-state index is 6.21. The predicted octanol–water partition coefficient (Wildman–Crippen LogP) is 4.95. The van der Waals surface area contributed by atoms with E-state index in [-0.39, 0.29) is 0 Å². The lowest BCUT2D eigenvalue weighted by molar-refractivity contribution is 0.912. The van der Waals surface area contributed by atoms with Crippen LogP contribution in [0.2, 0.25) is 10.0 Å². The van der Waals surface area contributed by atoms with E-state index < -0.39 is 0 Å². The lowest BCUT2D eigenvalue weighted by Gasteiger charge is -2.08. The van der Waals surface area contributed by atoms with Gasteiger partial charge in [-0.25, -0.2) is 0 Å². The first kappa shape index (κ1) is 11.1. The minimum absolute atomic E-state index is 0.593. The van der Waals surface area contributed by atoms with Gasteiger partial charge in [-0.3, -0.25) is 0 Å². The molecule has 0 saturated heterocycles. The number of benzene rings is 2. The van der Waals surface area contributed by atoms with E-state index in [4.69, 9.17) is 23.2 Å². The molecule has 2 heteroatoms. The summed E-state index contributed by atoms with van der Waals surface area (Å²) in [5.41, 5.74) is 4.88. The fraction of sp³-hybridized carbons (Fsp3) is 0.200. The molecular weight excluding hydrogens is 251 g/mol. The number of hydrogen-bond acceptors (Lipinski definition) is 0. The molecule has 0 unspecified atom stereocenters. The molecule has 0 aliphatic heterocycles. The number of halogens is 2. The Morgan fingerprint density at radius 2 is 1.82 bits per heavy atom. The summed E-state index contributed by atoms with van der Waals surface area (Å²) < 4.78 is 0. The van der Waals surface area contributed by atoms with Crippen molar-refractivity contribution in [1.29, 1.82) is 0 Å². The first-order valence-corrected chi connectivity index (χ1v) is 6.49. The maximum Gasteiger partial charge on any atom is 0.0578 e. The highest BCUT2D eigenvalue weighted by Crippen LogP contribution is 2.36. The SMILES string of the molecule is Clc1[c]ccc(Cl)c1-c1ccc2c(c1)CCC2. The zero-order valence-corrected chi connectivity index (χ0v) is 10.8. The quantitative estimate of drug-likeness (QED) is 0.682. The standard InChI is InChI=1S/C15H11Cl2/c16-13-5-2-6-14(17)15(13)12-8-7-10-3-1-4-11(10)9-12/h2,5,7-9H,1,3-4H2. The molecule has 1 aliphatic carbocycles. The first-order chi connectivity index (χ1) is 8.25. The van der Waals surface area contributed by atoms with E-state index in [1.54, 1.807) is 6.07 Å². The van der Waals surface area contributed by atoms with Gasteiger partial charge in [0.05, 0.1) is 5.02 Å². The summed E-state index contributed by atoms with van der Waals surface area (Å²) in [7, 11) is 0. The minimum atomic E-state index is 0.593. The fourth-order valence-corrected chi connectivity index (χ4v) is 3.03. The molecule has 2 aromatic rings. The molecule has 0 spiro atoms. The van der Waals surface area contributed by atoms with Crippen LogP contribution in [0.4, 0.5) is 0 Å². The largest absolute Gasteiger partial charge is 0.0836 e. The van der Waals surface area contributed by atoms with Gasteiger partial charge in [-0.15, -0.1) is 0 Å². The molecule has 0 nitrogen and oxygen atoms in total. The molecule has 0 fully saturated rings. The third kappa shape index (κ3) is 1.96. The Kier molecular flexibility index (Phi) is 2.85. The van der Waals surface area contributed by atoms with Crippen LogP contribution in [0.5, 0.6) is 0 Å². The average molecular weight is 262 g/mol. The van der Waals surface area contributed by atoms with Crippen LogP contribution in [-0.2, 0) is 12.8 Å². The summed E-state index contributed by atoms with van der Waals surface area (Å²) in [6.45, 7) is 0. The van der Waals surface area contributed by atoms with Crippen LogP contribution < -0.4 is 0 Å². The van der Waals surface area contributed by atoms with Crippen molar-refractivity contribution in [2.24, 2.45) is 0 Å². The van der Waals surface area contributed by atoms with Gasteiger partial charge in [0.25, 0.3) is 0 Å². The van der Waals surface area contributed by atoms with Gasteiger partial charge in [0.15, 0.2) is 0 Å². The highest BCUT2D eigenvalue weighted by molar-refractivity contribution is 6.39. The molecule has 0 amide bonds. The summed E-state index contributed by atoms with van der Waals surface area (Å²) >= 11 is 12.4. The van der Waals surface area contributed by atoms with Gasteiger partial charge in [-0.1, -0.05) is 47.5 Å². The zero-order valence-electron chi connectivity index (χ0n) is 9.26. The Balaban J connectivity index is 2.16. The van der Waals surface area contributed by atoms with E-state index in [2.05, 4.69) is 24.3 Å². The Morgan fingerprint density at radius 3 is 2.65 bits per heavy atom. The summed E-state index contributed by atoms with van der Waals surface area (Å²) in [4.78, 5) is 0. The van der Waals surface area contributed by atoms with E-state index in [0.29, 0.717) is 10.0 Å². The molecule has 0 bridgehead atoms. The Bertz CT molecular complexity index is 553. The van der Waals surface area contributed by atoms with Crippen LogP contribution in [0, 0.1) is 6.07 Å².